The summed E-state index contributed by atoms with van der Waals surface area (Å²) in [5.74, 6) is -1.07. The highest BCUT2D eigenvalue weighted by molar-refractivity contribution is 5.80. The molecule has 1 aromatic carbocycles. The van der Waals surface area contributed by atoms with Gasteiger partial charge in [-0.1, -0.05) is 5.57 Å². The Morgan fingerprint density at radius 2 is 2.17 bits per heavy atom. The zero-order chi connectivity index (χ0) is 17.7. The Hall–Kier alpha value is -2.61. The second-order valence-corrected chi connectivity index (χ2v) is 5.89. The summed E-state index contributed by atoms with van der Waals surface area (Å²) in [4.78, 5) is 24.3. The number of nitrogens with one attached hydrogen (secondary N) is 2. The van der Waals surface area contributed by atoms with Crippen molar-refractivity contribution in [2.45, 2.75) is 19.4 Å². The van der Waals surface area contributed by atoms with E-state index in [9.17, 15) is 20.0 Å². The molecule has 0 saturated carbocycles. The van der Waals surface area contributed by atoms with E-state index in [1.165, 1.54) is 6.07 Å². The third-order valence-corrected chi connectivity index (χ3v) is 3.84. The first-order valence-corrected chi connectivity index (χ1v) is 7.76. The van der Waals surface area contributed by atoms with Crippen molar-refractivity contribution in [1.82, 2.24) is 5.32 Å². The molecule has 3 N–H and O–H groups in total. The Bertz CT molecular complexity index is 641. The third kappa shape index (κ3) is 4.45. The summed E-state index contributed by atoms with van der Waals surface area (Å²) in [6.07, 6.45) is 0.199. The number of benzene rings is 1. The molecule has 1 fully saturated rings. The van der Waals surface area contributed by atoms with Gasteiger partial charge in [-0.25, -0.2) is 4.79 Å². The maximum Gasteiger partial charge on any atom is 0.326 e. The van der Waals surface area contributed by atoms with Gasteiger partial charge in [-0.15, -0.1) is 6.58 Å². The molecule has 0 aromatic heterocycles. The van der Waals surface area contributed by atoms with E-state index >= 15 is 0 Å². The van der Waals surface area contributed by atoms with Crippen LogP contribution in [0.5, 0.6) is 0 Å². The van der Waals surface area contributed by atoms with Crippen LogP contribution in [0.4, 0.5) is 17.1 Å². The minimum Gasteiger partial charge on any atom is -0.480 e. The maximum atomic E-state index is 11.4. The molecule has 1 heterocycles. The topological polar surface area (TPSA) is 108 Å². The number of carboxylic acids is 1. The van der Waals surface area contributed by atoms with Crippen molar-refractivity contribution < 1.29 is 14.8 Å². The first-order valence-electron chi connectivity index (χ1n) is 7.76. The Kier molecular flexibility index (Phi) is 5.75. The molecule has 0 aliphatic carbocycles. The van der Waals surface area contributed by atoms with E-state index in [4.69, 9.17) is 0 Å². The Morgan fingerprint density at radius 3 is 2.71 bits per heavy atom. The minimum atomic E-state index is -1.07. The smallest absolute Gasteiger partial charge is 0.326 e. The number of nitro groups is 1. The molecule has 8 nitrogen and oxygen atoms in total. The number of anilines is 2. The average molecular weight is 334 g/mol. The van der Waals surface area contributed by atoms with Crippen molar-refractivity contribution in [3.8, 4) is 0 Å². The molecule has 1 aromatic rings. The summed E-state index contributed by atoms with van der Waals surface area (Å²) in [5, 5.41) is 26.6. The average Bonchev–Trinajstić information content (AvgIpc) is 2.54. The predicted octanol–water partition coefficient (Wildman–Crippen LogP) is 1.84. The van der Waals surface area contributed by atoms with E-state index in [0.29, 0.717) is 5.57 Å². The molecular weight excluding hydrogens is 312 g/mol. The summed E-state index contributed by atoms with van der Waals surface area (Å²) < 4.78 is 0. The van der Waals surface area contributed by atoms with Gasteiger partial charge < -0.3 is 20.6 Å². The molecule has 130 valence electrons. The van der Waals surface area contributed by atoms with Gasteiger partial charge in [0.25, 0.3) is 5.69 Å². The normalized spacial score (nSPS) is 15.6. The summed E-state index contributed by atoms with van der Waals surface area (Å²) in [6, 6.07) is 3.81. The number of carbonyl (C=O) groups is 1. The van der Waals surface area contributed by atoms with Crippen LogP contribution >= 0.6 is 0 Å². The van der Waals surface area contributed by atoms with E-state index in [0.717, 1.165) is 31.9 Å². The van der Waals surface area contributed by atoms with Gasteiger partial charge in [0, 0.05) is 37.9 Å². The molecule has 0 bridgehead atoms. The van der Waals surface area contributed by atoms with Gasteiger partial charge in [0.1, 0.15) is 11.7 Å². The van der Waals surface area contributed by atoms with Crippen LogP contribution in [0.2, 0.25) is 0 Å². The number of rotatable bonds is 7. The Morgan fingerprint density at radius 1 is 1.50 bits per heavy atom. The standard InChI is InChI=1S/C16H22N4O4/c1-11(2)9-14(16(21)22)18-13-10-12(3-4-15(13)20(23)24)19-7-5-17-6-8-19/h3-4,10,14,17-18H,1,5-9H2,2H3,(H,21,22). The van der Waals surface area contributed by atoms with Crippen LogP contribution < -0.4 is 15.5 Å². The van der Waals surface area contributed by atoms with Gasteiger partial charge in [0.15, 0.2) is 0 Å². The zero-order valence-corrected chi connectivity index (χ0v) is 13.6. The van der Waals surface area contributed by atoms with Crippen molar-refractivity contribution in [1.29, 1.82) is 0 Å². The number of piperazine rings is 1. The summed E-state index contributed by atoms with van der Waals surface area (Å²) in [6.45, 7) is 8.72. The van der Waals surface area contributed by atoms with E-state index in [1.54, 1.807) is 19.1 Å². The molecule has 1 saturated heterocycles. The lowest BCUT2D eigenvalue weighted by Crippen LogP contribution is -2.43. The van der Waals surface area contributed by atoms with Crippen molar-refractivity contribution in [3.63, 3.8) is 0 Å². The van der Waals surface area contributed by atoms with Crippen LogP contribution in [-0.4, -0.2) is 48.2 Å². The highest BCUT2D eigenvalue weighted by Crippen LogP contribution is 2.31. The molecule has 1 atom stereocenters. The number of carboxylic acid groups (broad SMARTS) is 1. The fourth-order valence-electron chi connectivity index (χ4n) is 2.65. The molecule has 8 heteroatoms. The van der Waals surface area contributed by atoms with Crippen LogP contribution in [0.1, 0.15) is 13.3 Å². The molecule has 0 spiro atoms. The second-order valence-electron chi connectivity index (χ2n) is 5.89. The van der Waals surface area contributed by atoms with Crippen LogP contribution in [0.3, 0.4) is 0 Å². The third-order valence-electron chi connectivity index (χ3n) is 3.84. The molecule has 1 aliphatic heterocycles. The number of aliphatic carboxylic acids is 1. The number of hydrogen-bond donors (Lipinski definition) is 3. The molecule has 0 amide bonds. The molecule has 2 rings (SSSR count). The molecule has 1 aliphatic rings. The number of hydrogen-bond acceptors (Lipinski definition) is 6. The van der Waals surface area contributed by atoms with Gasteiger partial charge in [-0.05, 0) is 25.5 Å². The summed E-state index contributed by atoms with van der Waals surface area (Å²) >= 11 is 0. The van der Waals surface area contributed by atoms with Crippen LogP contribution in [0, 0.1) is 10.1 Å². The van der Waals surface area contributed by atoms with Crippen LogP contribution in [-0.2, 0) is 4.79 Å². The fraction of sp³-hybridized carbons (Fsp3) is 0.438. The molecule has 24 heavy (non-hydrogen) atoms. The van der Waals surface area contributed by atoms with E-state index < -0.39 is 16.9 Å². The first-order chi connectivity index (χ1) is 11.4. The monoisotopic (exact) mass is 334 g/mol. The van der Waals surface area contributed by atoms with Gasteiger partial charge in [-0.3, -0.25) is 10.1 Å². The first kappa shape index (κ1) is 17.7. The van der Waals surface area contributed by atoms with Crippen molar-refractivity contribution in [2.24, 2.45) is 0 Å². The lowest BCUT2D eigenvalue weighted by Gasteiger charge is -2.30. The van der Waals surface area contributed by atoms with Gasteiger partial charge in [-0.2, -0.15) is 0 Å². The highest BCUT2D eigenvalue weighted by Gasteiger charge is 2.23. The molecular formula is C16H22N4O4. The highest BCUT2D eigenvalue weighted by atomic mass is 16.6. The maximum absolute atomic E-state index is 11.4. The number of nitro benzene ring substituents is 1. The minimum absolute atomic E-state index is 0.137. The lowest BCUT2D eigenvalue weighted by molar-refractivity contribution is -0.384. The van der Waals surface area contributed by atoms with E-state index in [-0.39, 0.29) is 17.8 Å². The Balaban J connectivity index is 2.31. The van der Waals surface area contributed by atoms with Gasteiger partial charge >= 0.3 is 5.97 Å². The fourth-order valence-corrected chi connectivity index (χ4v) is 2.65. The quantitative estimate of drug-likeness (QED) is 0.397. The van der Waals surface area contributed by atoms with Gasteiger partial charge in [0.2, 0.25) is 0 Å². The van der Waals surface area contributed by atoms with Crippen molar-refractivity contribution in [3.05, 3.63) is 40.5 Å². The number of nitrogens with zero attached hydrogens (tertiary/aromatic N) is 2. The Labute approximate surface area is 140 Å². The van der Waals surface area contributed by atoms with Crippen molar-refractivity contribution in [2.75, 3.05) is 36.4 Å². The van der Waals surface area contributed by atoms with Crippen LogP contribution in [0.25, 0.3) is 0 Å². The zero-order valence-electron chi connectivity index (χ0n) is 13.6. The SMILES string of the molecule is C=C(C)CC(Nc1cc(N2CCNCC2)ccc1[N+](=O)[O-])C(=O)O. The molecule has 0 radical (unpaired) electrons. The van der Waals surface area contributed by atoms with Gasteiger partial charge in [0.05, 0.1) is 4.92 Å². The van der Waals surface area contributed by atoms with Crippen molar-refractivity contribution >= 4 is 23.0 Å². The summed E-state index contributed by atoms with van der Waals surface area (Å²) in [7, 11) is 0. The second kappa shape index (κ2) is 7.78. The van der Waals surface area contributed by atoms with E-state index in [1.807, 2.05) is 0 Å². The lowest BCUT2D eigenvalue weighted by atomic mass is 10.1. The largest absolute Gasteiger partial charge is 0.480 e. The van der Waals surface area contributed by atoms with Crippen LogP contribution in [0.15, 0.2) is 30.4 Å². The summed E-state index contributed by atoms with van der Waals surface area (Å²) in [5.41, 5.74) is 1.60. The molecule has 1 unspecified atom stereocenters. The van der Waals surface area contributed by atoms with E-state index in [2.05, 4.69) is 22.1 Å². The predicted molar refractivity (Wildman–Crippen MR) is 92.7 cm³/mol.